The van der Waals surface area contributed by atoms with Crippen LogP contribution in [0.5, 0.6) is 0 Å². The molecule has 0 aliphatic carbocycles. The third-order valence-corrected chi connectivity index (χ3v) is 5.44. The molecule has 206 valence electrons. The molecular weight excluding hydrogens is 486 g/mol. The molecular formula is C25H37N3O9. The molecule has 1 N–H and O–H groups in total. The van der Waals surface area contributed by atoms with Gasteiger partial charge in [0.2, 0.25) is 5.91 Å². The van der Waals surface area contributed by atoms with E-state index in [2.05, 4.69) is 10.3 Å². The van der Waals surface area contributed by atoms with E-state index in [-0.39, 0.29) is 44.0 Å². The van der Waals surface area contributed by atoms with Gasteiger partial charge in [0.25, 0.3) is 0 Å². The van der Waals surface area contributed by atoms with Crippen molar-refractivity contribution in [2.45, 2.75) is 104 Å². The van der Waals surface area contributed by atoms with Gasteiger partial charge in [-0.05, 0) is 31.7 Å². The molecule has 0 aromatic carbocycles. The number of hydrogen-bond donors (Lipinski definition) is 1. The number of hydrogen-bond acceptors (Lipinski definition) is 10. The molecule has 1 fully saturated rings. The highest BCUT2D eigenvalue weighted by Crippen LogP contribution is 2.34. The third kappa shape index (κ3) is 8.96. The molecule has 4 atom stereocenters. The lowest BCUT2D eigenvalue weighted by Gasteiger charge is -2.25. The molecule has 2 heterocycles. The second-order valence-electron chi connectivity index (χ2n) is 8.71. The van der Waals surface area contributed by atoms with Gasteiger partial charge in [0.15, 0.2) is 18.4 Å². The van der Waals surface area contributed by atoms with Crippen LogP contribution in [0.15, 0.2) is 17.1 Å². The molecule has 1 amide bonds. The standard InChI is InChI=1S/C25H37N3O9/c1-5-9-18(29)26-17-13-14-28(25(33)27-17)24-23(37-21(32)12-8-4)22(36-20(31)11-7-3)16(35-24)15-34-19(30)10-6-2/h13-14,16,22-24H,5-12,15H2,1-4H3,(H,26,27,29,33)/t16-,22+,23-,24-/m0/s1. The van der Waals surface area contributed by atoms with Gasteiger partial charge in [-0.2, -0.15) is 4.98 Å². The lowest BCUT2D eigenvalue weighted by atomic mass is 10.1. The summed E-state index contributed by atoms with van der Waals surface area (Å²) in [7, 11) is 0. The first-order valence-corrected chi connectivity index (χ1v) is 12.8. The van der Waals surface area contributed by atoms with Crippen molar-refractivity contribution in [1.82, 2.24) is 9.55 Å². The second-order valence-corrected chi connectivity index (χ2v) is 8.71. The minimum absolute atomic E-state index is 0.0631. The molecule has 0 spiro atoms. The third-order valence-electron chi connectivity index (χ3n) is 5.44. The summed E-state index contributed by atoms with van der Waals surface area (Å²) < 4.78 is 23.6. The van der Waals surface area contributed by atoms with E-state index in [0.717, 1.165) is 4.57 Å². The molecule has 1 aromatic heterocycles. The van der Waals surface area contributed by atoms with Crippen LogP contribution in [0.3, 0.4) is 0 Å². The highest BCUT2D eigenvalue weighted by molar-refractivity contribution is 5.89. The summed E-state index contributed by atoms with van der Waals surface area (Å²) >= 11 is 0. The highest BCUT2D eigenvalue weighted by Gasteiger charge is 2.51. The van der Waals surface area contributed by atoms with Crippen molar-refractivity contribution in [2.75, 3.05) is 11.9 Å². The largest absolute Gasteiger partial charge is 0.463 e. The lowest BCUT2D eigenvalue weighted by molar-refractivity contribution is -0.169. The van der Waals surface area contributed by atoms with E-state index < -0.39 is 48.1 Å². The van der Waals surface area contributed by atoms with Crippen molar-refractivity contribution < 1.29 is 38.1 Å². The maximum atomic E-state index is 12.9. The molecule has 0 unspecified atom stereocenters. The van der Waals surface area contributed by atoms with Gasteiger partial charge in [0, 0.05) is 31.9 Å². The molecule has 0 radical (unpaired) electrons. The molecule has 0 saturated carbocycles. The fraction of sp³-hybridized carbons (Fsp3) is 0.680. The van der Waals surface area contributed by atoms with Gasteiger partial charge in [-0.1, -0.05) is 27.7 Å². The van der Waals surface area contributed by atoms with Gasteiger partial charge in [0.05, 0.1) is 0 Å². The van der Waals surface area contributed by atoms with Gasteiger partial charge in [-0.15, -0.1) is 0 Å². The van der Waals surface area contributed by atoms with Crippen molar-refractivity contribution in [3.63, 3.8) is 0 Å². The number of rotatable bonds is 14. The van der Waals surface area contributed by atoms with E-state index in [1.165, 1.54) is 12.3 Å². The monoisotopic (exact) mass is 523 g/mol. The average Bonchev–Trinajstić information content (AvgIpc) is 3.15. The Hall–Kier alpha value is -3.28. The smallest absolute Gasteiger partial charge is 0.351 e. The number of esters is 3. The van der Waals surface area contributed by atoms with Crippen LogP contribution < -0.4 is 11.0 Å². The van der Waals surface area contributed by atoms with E-state index in [1.807, 2.05) is 20.8 Å². The molecule has 37 heavy (non-hydrogen) atoms. The Morgan fingerprint density at radius 2 is 1.46 bits per heavy atom. The Morgan fingerprint density at radius 3 is 2.03 bits per heavy atom. The first-order valence-electron chi connectivity index (χ1n) is 12.8. The number of aromatic nitrogens is 2. The second kappa shape index (κ2) is 15.1. The van der Waals surface area contributed by atoms with E-state index in [1.54, 1.807) is 6.92 Å². The van der Waals surface area contributed by atoms with Gasteiger partial charge in [-0.3, -0.25) is 23.7 Å². The predicted molar refractivity (Wildman–Crippen MR) is 131 cm³/mol. The van der Waals surface area contributed by atoms with Crippen LogP contribution >= 0.6 is 0 Å². The van der Waals surface area contributed by atoms with Crippen LogP contribution in [0.2, 0.25) is 0 Å². The number of nitrogens with zero attached hydrogens (tertiary/aromatic N) is 2. The quantitative estimate of drug-likeness (QED) is 0.284. The van der Waals surface area contributed by atoms with E-state index in [4.69, 9.17) is 18.9 Å². The average molecular weight is 524 g/mol. The van der Waals surface area contributed by atoms with Gasteiger partial charge in [0.1, 0.15) is 18.5 Å². The Labute approximate surface area is 216 Å². The molecule has 1 aromatic rings. The molecule has 12 nitrogen and oxygen atoms in total. The highest BCUT2D eigenvalue weighted by atomic mass is 16.7. The molecule has 12 heteroatoms. The van der Waals surface area contributed by atoms with Crippen LogP contribution in [0, 0.1) is 0 Å². The Morgan fingerprint density at radius 1 is 0.892 bits per heavy atom. The van der Waals surface area contributed by atoms with Crippen molar-refractivity contribution >= 4 is 29.6 Å². The zero-order valence-electron chi connectivity index (χ0n) is 21.9. The zero-order valence-corrected chi connectivity index (χ0v) is 21.9. The predicted octanol–water partition coefficient (Wildman–Crippen LogP) is 2.65. The summed E-state index contributed by atoms with van der Waals surface area (Å²) in [6.07, 6.45) is -0.246. The first kappa shape index (κ1) is 29.9. The van der Waals surface area contributed by atoms with Crippen LogP contribution in [-0.2, 0) is 38.1 Å². The van der Waals surface area contributed by atoms with Gasteiger partial charge in [-0.25, -0.2) is 4.79 Å². The molecule has 1 aliphatic rings. The summed E-state index contributed by atoms with van der Waals surface area (Å²) in [6.45, 7) is 7.02. The molecule has 0 bridgehead atoms. The molecule has 1 aliphatic heterocycles. The maximum absolute atomic E-state index is 12.9. The SMILES string of the molecule is CCCC(=O)Nc1ccn([C@H]2O[C@@H](COC(=O)CCC)[C@@H](OC(=O)CCC)[C@@H]2OC(=O)CCC)c(=O)n1. The number of amides is 1. The Balaban J connectivity index is 2.40. The summed E-state index contributed by atoms with van der Waals surface area (Å²) in [5, 5.41) is 2.55. The normalized spacial score (nSPS) is 20.8. The van der Waals surface area contributed by atoms with E-state index in [9.17, 15) is 24.0 Å². The number of carbonyl (C=O) groups excluding carboxylic acids is 4. The first-order chi connectivity index (χ1) is 17.7. The van der Waals surface area contributed by atoms with E-state index >= 15 is 0 Å². The lowest BCUT2D eigenvalue weighted by Crippen LogP contribution is -2.42. The zero-order chi connectivity index (χ0) is 27.4. The summed E-state index contributed by atoms with van der Waals surface area (Å²) in [5.74, 6) is -1.79. The number of ether oxygens (including phenoxy) is 4. The summed E-state index contributed by atoms with van der Waals surface area (Å²) in [4.78, 5) is 65.5. The summed E-state index contributed by atoms with van der Waals surface area (Å²) in [5.41, 5.74) is -0.780. The Kier molecular flexibility index (Phi) is 12.2. The number of nitrogens with one attached hydrogen (secondary N) is 1. The van der Waals surface area contributed by atoms with Crippen molar-refractivity contribution in [3.05, 3.63) is 22.7 Å². The number of anilines is 1. The Bertz CT molecular complexity index is 994. The van der Waals surface area contributed by atoms with Crippen molar-refractivity contribution in [3.8, 4) is 0 Å². The van der Waals surface area contributed by atoms with Crippen LogP contribution in [0.25, 0.3) is 0 Å². The topological polar surface area (TPSA) is 152 Å². The molecule has 2 rings (SSSR count). The van der Waals surface area contributed by atoms with Gasteiger partial charge < -0.3 is 24.3 Å². The van der Waals surface area contributed by atoms with E-state index in [0.29, 0.717) is 25.7 Å². The minimum atomic E-state index is -1.21. The maximum Gasteiger partial charge on any atom is 0.351 e. The fourth-order valence-electron chi connectivity index (χ4n) is 3.72. The van der Waals surface area contributed by atoms with Crippen molar-refractivity contribution in [2.24, 2.45) is 0 Å². The van der Waals surface area contributed by atoms with Crippen LogP contribution in [0.1, 0.15) is 85.3 Å². The molecule has 1 saturated heterocycles. The fourth-order valence-corrected chi connectivity index (χ4v) is 3.72. The van der Waals surface area contributed by atoms with Crippen LogP contribution in [-0.4, -0.2) is 58.3 Å². The number of carbonyl (C=O) groups is 4. The van der Waals surface area contributed by atoms with Crippen LogP contribution in [0.4, 0.5) is 5.82 Å². The van der Waals surface area contributed by atoms with Gasteiger partial charge >= 0.3 is 23.6 Å². The van der Waals surface area contributed by atoms with Crippen molar-refractivity contribution in [1.29, 1.82) is 0 Å². The summed E-state index contributed by atoms with van der Waals surface area (Å²) in [6, 6.07) is 1.41. The minimum Gasteiger partial charge on any atom is -0.463 e.